The molecule has 5 atom stereocenters. The molecule has 0 spiro atoms. The summed E-state index contributed by atoms with van der Waals surface area (Å²) in [4.78, 5) is 36.2. The van der Waals surface area contributed by atoms with Crippen molar-refractivity contribution in [2.45, 2.75) is 69.7 Å². The molecule has 1 amide bonds. The molecule has 1 aliphatic heterocycles. The summed E-state index contributed by atoms with van der Waals surface area (Å²) in [6.07, 6.45) is -3.01. The van der Waals surface area contributed by atoms with Gasteiger partial charge in [-0.2, -0.15) is 19.0 Å². The van der Waals surface area contributed by atoms with Crippen LogP contribution >= 0.6 is 11.6 Å². The van der Waals surface area contributed by atoms with Gasteiger partial charge in [0.25, 0.3) is 17.9 Å². The Morgan fingerprint density at radius 3 is 2.40 bits per heavy atom. The van der Waals surface area contributed by atoms with Crippen LogP contribution in [-0.2, 0) is 45.5 Å². The Bertz CT molecular complexity index is 3020. The molecule has 3 aromatic heterocycles. The Balaban J connectivity index is 1.24. The highest BCUT2D eigenvalue weighted by molar-refractivity contribution is 7.92. The van der Waals surface area contributed by atoms with Crippen molar-refractivity contribution in [1.82, 2.24) is 34.4 Å². The molecule has 63 heavy (non-hydrogen) atoms. The molecule has 0 bridgehead atoms. The molecular weight excluding hydrogens is 880 g/mol. The molecule has 332 valence electrons. The van der Waals surface area contributed by atoms with Crippen LogP contribution in [0, 0.1) is 17.6 Å². The maximum absolute atomic E-state index is 15.6. The van der Waals surface area contributed by atoms with Crippen molar-refractivity contribution in [2.75, 3.05) is 29.0 Å². The third kappa shape index (κ3) is 7.66. The Morgan fingerprint density at radius 2 is 1.73 bits per heavy atom. The topological polar surface area (TPSA) is 158 Å². The fourth-order valence-corrected chi connectivity index (χ4v) is 9.89. The number of halogens is 7. The number of morpholine rings is 1. The number of nitrogens with one attached hydrogen (secondary N) is 2. The van der Waals surface area contributed by atoms with Crippen LogP contribution < -0.4 is 20.5 Å². The molecule has 2 aliphatic carbocycles. The molecule has 2 fully saturated rings. The summed E-state index contributed by atoms with van der Waals surface area (Å²) in [5.41, 5.74) is -1.65. The number of carbonyl (C=O) groups is 1. The molecular formula is C41H38ClF6N9O5S. The highest BCUT2D eigenvalue weighted by Crippen LogP contribution is 2.68. The maximum atomic E-state index is 15.6. The number of sulfonamides is 1. The van der Waals surface area contributed by atoms with Crippen molar-refractivity contribution in [3.05, 3.63) is 104 Å². The zero-order valence-corrected chi connectivity index (χ0v) is 35.4. The van der Waals surface area contributed by atoms with Crippen molar-refractivity contribution in [3.8, 4) is 5.69 Å². The SMILES string of the molecule is CC1CN(c2ccc3c(=O)n(-c4ccc(Cl)c5c(NS(C)(=O)=O)nn(C)c45)c(C(Cc4cc(F)cc(F)c4)NC(=O)Cn4nc(C(F)F)c5c4C(F)(F)C4CC54)nc3c2)CC(C)O1. The average Bonchev–Trinajstić information content (AvgIpc) is 3.72. The van der Waals surface area contributed by atoms with E-state index in [1.165, 1.54) is 23.9 Å². The van der Waals surface area contributed by atoms with E-state index in [1.54, 1.807) is 18.2 Å². The quantitative estimate of drug-likeness (QED) is 0.136. The van der Waals surface area contributed by atoms with Crippen LogP contribution in [-0.4, -0.2) is 75.0 Å². The third-order valence-corrected chi connectivity index (χ3v) is 12.5. The van der Waals surface area contributed by atoms with Gasteiger partial charge in [0.1, 0.15) is 35.4 Å². The van der Waals surface area contributed by atoms with E-state index < -0.39 is 87.7 Å². The van der Waals surface area contributed by atoms with E-state index in [1.807, 2.05) is 18.7 Å². The molecule has 1 saturated carbocycles. The molecule has 9 rings (SSSR count). The van der Waals surface area contributed by atoms with Crippen LogP contribution in [0.1, 0.15) is 67.0 Å². The van der Waals surface area contributed by atoms with Crippen LogP contribution in [0.5, 0.6) is 0 Å². The van der Waals surface area contributed by atoms with Crippen molar-refractivity contribution >= 4 is 60.8 Å². The second-order valence-corrected chi connectivity index (χ2v) is 18.5. The van der Waals surface area contributed by atoms with E-state index in [4.69, 9.17) is 21.3 Å². The summed E-state index contributed by atoms with van der Waals surface area (Å²) in [5, 5.41) is 11.0. The first-order valence-electron chi connectivity index (χ1n) is 19.8. The van der Waals surface area contributed by atoms with Crippen LogP contribution in [0.2, 0.25) is 5.02 Å². The number of carbonyl (C=O) groups excluding carboxylic acids is 1. The number of alkyl halides is 4. The number of ether oxygens (including phenoxy) is 1. The van der Waals surface area contributed by atoms with Gasteiger partial charge in [-0.3, -0.25) is 28.2 Å². The van der Waals surface area contributed by atoms with Crippen molar-refractivity contribution < 1.29 is 44.3 Å². The Labute approximate surface area is 359 Å². The molecule has 14 nitrogen and oxygen atoms in total. The second-order valence-electron chi connectivity index (χ2n) is 16.4. The number of rotatable bonds is 11. The number of amides is 1. The number of aromatic nitrogens is 6. The van der Waals surface area contributed by atoms with Crippen molar-refractivity contribution in [3.63, 3.8) is 0 Å². The molecule has 0 radical (unpaired) electrons. The lowest BCUT2D eigenvalue weighted by Gasteiger charge is -2.37. The minimum Gasteiger partial charge on any atom is -0.372 e. The smallest absolute Gasteiger partial charge is 0.293 e. The molecule has 4 heterocycles. The number of aryl methyl sites for hydroxylation is 1. The molecule has 22 heteroatoms. The van der Waals surface area contributed by atoms with Crippen LogP contribution in [0.3, 0.4) is 0 Å². The van der Waals surface area contributed by atoms with Gasteiger partial charge in [-0.1, -0.05) is 11.6 Å². The third-order valence-electron chi connectivity index (χ3n) is 11.6. The number of anilines is 2. The predicted octanol–water partition coefficient (Wildman–Crippen LogP) is 6.63. The minimum atomic E-state index is -3.91. The van der Waals surface area contributed by atoms with Gasteiger partial charge < -0.3 is 15.0 Å². The summed E-state index contributed by atoms with van der Waals surface area (Å²) in [6.45, 7) is 3.86. The Kier molecular flexibility index (Phi) is 10.3. The van der Waals surface area contributed by atoms with Gasteiger partial charge in [0.05, 0.1) is 57.0 Å². The number of fused-ring (bicyclic) bond motifs is 5. The molecule has 3 aromatic carbocycles. The van der Waals surface area contributed by atoms with E-state index in [9.17, 15) is 30.8 Å². The van der Waals surface area contributed by atoms with Gasteiger partial charge in [-0.25, -0.2) is 31.0 Å². The summed E-state index contributed by atoms with van der Waals surface area (Å²) >= 11 is 6.65. The lowest BCUT2D eigenvalue weighted by molar-refractivity contribution is -0.123. The lowest BCUT2D eigenvalue weighted by atomic mass is 10.0. The molecule has 5 unspecified atom stereocenters. The molecule has 2 N–H and O–H groups in total. The van der Waals surface area contributed by atoms with E-state index in [0.29, 0.717) is 29.5 Å². The summed E-state index contributed by atoms with van der Waals surface area (Å²) < 4.78 is 125. The molecule has 3 aliphatic rings. The lowest BCUT2D eigenvalue weighted by Crippen LogP contribution is -2.45. The van der Waals surface area contributed by atoms with E-state index in [-0.39, 0.29) is 73.9 Å². The second kappa shape index (κ2) is 15.3. The van der Waals surface area contributed by atoms with Crippen LogP contribution in [0.4, 0.5) is 37.8 Å². The van der Waals surface area contributed by atoms with E-state index in [0.717, 1.165) is 23.0 Å². The van der Waals surface area contributed by atoms with E-state index in [2.05, 4.69) is 20.2 Å². The standard InChI is InChI=1S/C41H38ClF6N9O5S/c1-18-15-55(16-19(2)62-18)23-5-6-24-28(13-23)50-39(57(40(24)59)30-8-7-27(42)33-35(30)54(3)52-38(33)53-63(4,60)61)29(11-20-9-21(43)12-22(44)10-20)49-31(58)17-56-36-32(34(51-56)37(45)46)25-14-26(25)41(36,47)48/h5-10,12-13,18-19,25-26,29,37H,11,14-17H2,1-4H3,(H,49,58)(H,52,53). The minimum absolute atomic E-state index is 0.000779. The average molecular weight is 918 g/mol. The normalized spacial score (nSPS) is 20.9. The van der Waals surface area contributed by atoms with Crippen molar-refractivity contribution in [2.24, 2.45) is 13.0 Å². The number of benzene rings is 3. The molecule has 1 saturated heterocycles. The predicted molar refractivity (Wildman–Crippen MR) is 220 cm³/mol. The first-order valence-corrected chi connectivity index (χ1v) is 22.1. The Morgan fingerprint density at radius 1 is 1.03 bits per heavy atom. The fraction of sp³-hybridized carbons (Fsp3) is 0.390. The van der Waals surface area contributed by atoms with Gasteiger partial charge in [0.2, 0.25) is 15.9 Å². The largest absolute Gasteiger partial charge is 0.372 e. The van der Waals surface area contributed by atoms with Crippen LogP contribution in [0.25, 0.3) is 27.5 Å². The van der Waals surface area contributed by atoms with Gasteiger partial charge in [0, 0.05) is 49.8 Å². The zero-order valence-electron chi connectivity index (χ0n) is 33.8. The van der Waals surface area contributed by atoms with Crippen LogP contribution in [0.15, 0.2) is 53.3 Å². The van der Waals surface area contributed by atoms with Crippen molar-refractivity contribution in [1.29, 1.82) is 0 Å². The van der Waals surface area contributed by atoms with Gasteiger partial charge >= 0.3 is 0 Å². The maximum Gasteiger partial charge on any atom is 0.293 e. The van der Waals surface area contributed by atoms with Gasteiger partial charge in [0.15, 0.2) is 5.82 Å². The number of hydrogen-bond acceptors (Lipinski definition) is 9. The van der Waals surface area contributed by atoms with E-state index >= 15 is 13.6 Å². The first-order chi connectivity index (χ1) is 29.7. The first kappa shape index (κ1) is 42.6. The summed E-state index contributed by atoms with van der Waals surface area (Å²) in [5.74, 6) is -8.93. The highest BCUT2D eigenvalue weighted by Gasteiger charge is 2.67. The summed E-state index contributed by atoms with van der Waals surface area (Å²) in [6, 6.07) is 8.92. The monoisotopic (exact) mass is 917 g/mol. The molecule has 6 aromatic rings. The number of nitrogens with zero attached hydrogens (tertiary/aromatic N) is 7. The van der Waals surface area contributed by atoms with Gasteiger partial charge in [-0.15, -0.1) is 0 Å². The van der Waals surface area contributed by atoms with Gasteiger partial charge in [-0.05, 0) is 74.2 Å². The fourth-order valence-electron chi connectivity index (χ4n) is 9.15. The number of hydrogen-bond donors (Lipinski definition) is 2. The Hall–Kier alpha value is -5.67. The summed E-state index contributed by atoms with van der Waals surface area (Å²) in [7, 11) is -2.44. The zero-order chi connectivity index (χ0) is 45.0. The highest BCUT2D eigenvalue weighted by atomic mass is 35.5.